The van der Waals surface area contributed by atoms with E-state index in [2.05, 4.69) is 29.1 Å². The second kappa shape index (κ2) is 6.97. The van der Waals surface area contributed by atoms with Crippen LogP contribution in [0.4, 0.5) is 4.39 Å². The van der Waals surface area contributed by atoms with Crippen molar-refractivity contribution in [2.24, 2.45) is 0 Å². The first kappa shape index (κ1) is 12.7. The zero-order valence-electron chi connectivity index (χ0n) is 9.76. The molecule has 3 heteroatoms. The number of nitrogens with zero attached hydrogens (tertiary/aromatic N) is 1. The molecule has 0 spiro atoms. The van der Waals surface area contributed by atoms with Crippen LogP contribution in [0.3, 0.4) is 0 Å². The molecule has 1 atom stereocenters. The number of rotatable bonds is 5. The summed E-state index contributed by atoms with van der Waals surface area (Å²) in [5.74, 6) is 5.57. The summed E-state index contributed by atoms with van der Waals surface area (Å²) in [4.78, 5) is 3.86. The van der Waals surface area contributed by atoms with Crippen LogP contribution < -0.4 is 5.32 Å². The molecule has 0 fully saturated rings. The molecule has 0 amide bonds. The van der Waals surface area contributed by atoms with Gasteiger partial charge < -0.3 is 5.32 Å². The van der Waals surface area contributed by atoms with Gasteiger partial charge in [-0.1, -0.05) is 6.92 Å². The van der Waals surface area contributed by atoms with Crippen LogP contribution in [0.5, 0.6) is 0 Å². The fourth-order valence-corrected chi connectivity index (χ4v) is 1.45. The molecule has 0 aliphatic heterocycles. The average Bonchev–Trinajstić information content (AvgIpc) is 2.29. The van der Waals surface area contributed by atoms with Crippen LogP contribution in [-0.4, -0.2) is 11.5 Å². The van der Waals surface area contributed by atoms with Gasteiger partial charge in [0.15, 0.2) is 0 Å². The van der Waals surface area contributed by atoms with E-state index in [1.165, 1.54) is 12.3 Å². The fourth-order valence-electron chi connectivity index (χ4n) is 1.45. The molecule has 0 aliphatic carbocycles. The summed E-state index contributed by atoms with van der Waals surface area (Å²) in [5.41, 5.74) is 0.858. The lowest BCUT2D eigenvalue weighted by atomic mass is 10.1. The summed E-state index contributed by atoms with van der Waals surface area (Å²) in [5, 5.41) is 3.34. The van der Waals surface area contributed by atoms with E-state index in [4.69, 9.17) is 0 Å². The average molecular weight is 220 g/mol. The highest BCUT2D eigenvalue weighted by molar-refractivity contribution is 5.17. The van der Waals surface area contributed by atoms with Crippen LogP contribution >= 0.6 is 0 Å². The van der Waals surface area contributed by atoms with Crippen molar-refractivity contribution < 1.29 is 4.39 Å². The van der Waals surface area contributed by atoms with Gasteiger partial charge in [0.1, 0.15) is 5.82 Å². The number of pyridine rings is 1. The van der Waals surface area contributed by atoms with Crippen LogP contribution in [0.1, 0.15) is 38.3 Å². The highest BCUT2D eigenvalue weighted by atomic mass is 19.1. The van der Waals surface area contributed by atoms with E-state index < -0.39 is 0 Å². The summed E-state index contributed by atoms with van der Waals surface area (Å²) in [6, 6.07) is 1.58. The van der Waals surface area contributed by atoms with Crippen LogP contribution in [0, 0.1) is 17.7 Å². The Hall–Kier alpha value is -1.40. The van der Waals surface area contributed by atoms with Crippen LogP contribution in [0.25, 0.3) is 0 Å². The second-order valence-electron chi connectivity index (χ2n) is 3.57. The normalized spacial score (nSPS) is 11.7. The predicted molar refractivity (Wildman–Crippen MR) is 63.3 cm³/mol. The zero-order valence-corrected chi connectivity index (χ0v) is 9.76. The van der Waals surface area contributed by atoms with Gasteiger partial charge in [0.2, 0.25) is 0 Å². The number of aromatic nitrogens is 1. The Labute approximate surface area is 96.3 Å². The molecule has 1 N–H and O–H groups in total. The SMILES string of the molecule is CC#CCC(NCCC)c1cncc(F)c1. The third kappa shape index (κ3) is 4.00. The van der Waals surface area contributed by atoms with Crippen molar-refractivity contribution in [3.05, 3.63) is 29.8 Å². The van der Waals surface area contributed by atoms with Gasteiger partial charge >= 0.3 is 0 Å². The number of halogens is 1. The molecule has 0 saturated heterocycles. The minimum atomic E-state index is -0.301. The Morgan fingerprint density at radius 2 is 2.31 bits per heavy atom. The lowest BCUT2D eigenvalue weighted by Crippen LogP contribution is -2.22. The smallest absolute Gasteiger partial charge is 0.141 e. The molecule has 2 nitrogen and oxygen atoms in total. The summed E-state index contributed by atoms with van der Waals surface area (Å²) >= 11 is 0. The molecular formula is C13H17FN2. The van der Waals surface area contributed by atoms with Crippen LogP contribution in [-0.2, 0) is 0 Å². The van der Waals surface area contributed by atoms with Crippen molar-refractivity contribution in [1.82, 2.24) is 10.3 Å². The standard InChI is InChI=1S/C13H17FN2/c1-3-5-6-13(16-7-4-2)11-8-12(14)10-15-9-11/h8-10,13,16H,4,6-7H2,1-2H3. The van der Waals surface area contributed by atoms with Gasteiger partial charge in [-0.3, -0.25) is 4.98 Å². The number of hydrogen-bond donors (Lipinski definition) is 1. The van der Waals surface area contributed by atoms with E-state index >= 15 is 0 Å². The van der Waals surface area contributed by atoms with Gasteiger partial charge in [0, 0.05) is 18.7 Å². The van der Waals surface area contributed by atoms with E-state index in [0.29, 0.717) is 6.42 Å². The molecule has 1 aromatic rings. The molecule has 86 valence electrons. The van der Waals surface area contributed by atoms with Gasteiger partial charge in [0.05, 0.1) is 6.20 Å². The molecule has 0 aliphatic rings. The van der Waals surface area contributed by atoms with Crippen molar-refractivity contribution in [2.45, 2.75) is 32.7 Å². The third-order valence-corrected chi connectivity index (χ3v) is 2.25. The first-order chi connectivity index (χ1) is 7.77. The van der Waals surface area contributed by atoms with Crippen molar-refractivity contribution in [2.75, 3.05) is 6.54 Å². The molecule has 0 radical (unpaired) electrons. The quantitative estimate of drug-likeness (QED) is 0.772. The first-order valence-electron chi connectivity index (χ1n) is 5.51. The Balaban J connectivity index is 2.76. The minimum Gasteiger partial charge on any atom is -0.309 e. The summed E-state index contributed by atoms with van der Waals surface area (Å²) in [6.45, 7) is 4.80. The molecule has 1 aromatic heterocycles. The van der Waals surface area contributed by atoms with Gasteiger partial charge in [0.25, 0.3) is 0 Å². The van der Waals surface area contributed by atoms with Crippen molar-refractivity contribution in [3.63, 3.8) is 0 Å². The van der Waals surface area contributed by atoms with Gasteiger partial charge in [-0.25, -0.2) is 4.39 Å². The van der Waals surface area contributed by atoms with Gasteiger partial charge in [-0.05, 0) is 31.5 Å². The predicted octanol–water partition coefficient (Wildman–Crippen LogP) is 2.67. The highest BCUT2D eigenvalue weighted by Crippen LogP contribution is 2.16. The maximum Gasteiger partial charge on any atom is 0.141 e. The van der Waals surface area contributed by atoms with Crippen LogP contribution in [0.15, 0.2) is 18.5 Å². The van der Waals surface area contributed by atoms with Gasteiger partial charge in [-0.2, -0.15) is 0 Å². The zero-order chi connectivity index (χ0) is 11.8. The van der Waals surface area contributed by atoms with E-state index in [1.54, 1.807) is 13.1 Å². The van der Waals surface area contributed by atoms with Crippen molar-refractivity contribution in [3.8, 4) is 11.8 Å². The molecule has 0 saturated carbocycles. The Kier molecular flexibility index (Phi) is 5.52. The van der Waals surface area contributed by atoms with Gasteiger partial charge in [-0.15, -0.1) is 11.8 Å². The molecule has 16 heavy (non-hydrogen) atoms. The number of nitrogens with one attached hydrogen (secondary N) is 1. The lowest BCUT2D eigenvalue weighted by molar-refractivity contribution is 0.533. The van der Waals surface area contributed by atoms with E-state index in [-0.39, 0.29) is 11.9 Å². The highest BCUT2D eigenvalue weighted by Gasteiger charge is 2.10. The Morgan fingerprint density at radius 1 is 1.50 bits per heavy atom. The maximum absolute atomic E-state index is 13.0. The topological polar surface area (TPSA) is 24.9 Å². The van der Waals surface area contributed by atoms with E-state index in [0.717, 1.165) is 18.5 Å². The lowest BCUT2D eigenvalue weighted by Gasteiger charge is -2.15. The Morgan fingerprint density at radius 3 is 2.94 bits per heavy atom. The number of hydrogen-bond acceptors (Lipinski definition) is 2. The van der Waals surface area contributed by atoms with Crippen molar-refractivity contribution in [1.29, 1.82) is 0 Å². The molecule has 0 bridgehead atoms. The third-order valence-electron chi connectivity index (χ3n) is 2.25. The molecule has 1 unspecified atom stereocenters. The van der Waals surface area contributed by atoms with E-state index in [1.807, 2.05) is 0 Å². The van der Waals surface area contributed by atoms with E-state index in [9.17, 15) is 4.39 Å². The molecule has 1 heterocycles. The Bertz CT molecular complexity index is 379. The second-order valence-corrected chi connectivity index (χ2v) is 3.57. The molecule has 0 aromatic carbocycles. The summed E-state index contributed by atoms with van der Waals surface area (Å²) < 4.78 is 13.0. The van der Waals surface area contributed by atoms with Crippen LogP contribution in [0.2, 0.25) is 0 Å². The fraction of sp³-hybridized carbons (Fsp3) is 0.462. The monoisotopic (exact) mass is 220 g/mol. The first-order valence-corrected chi connectivity index (χ1v) is 5.51. The largest absolute Gasteiger partial charge is 0.309 e. The maximum atomic E-state index is 13.0. The minimum absolute atomic E-state index is 0.0654. The molecular weight excluding hydrogens is 203 g/mol. The summed E-state index contributed by atoms with van der Waals surface area (Å²) in [7, 11) is 0. The summed E-state index contributed by atoms with van der Waals surface area (Å²) in [6.07, 6.45) is 4.63. The molecule has 1 rings (SSSR count). The van der Waals surface area contributed by atoms with Crippen molar-refractivity contribution >= 4 is 0 Å².